The Hall–Kier alpha value is -2.93. The fraction of sp³-hybridized carbons (Fsp3) is 0.556. The van der Waals surface area contributed by atoms with E-state index in [-0.39, 0.29) is 13.2 Å². The second kappa shape index (κ2) is 9.14. The normalized spacial score (nSPS) is 19.6. The maximum Gasteiger partial charge on any atom is 0.410 e. The first kappa shape index (κ1) is 20.4. The lowest BCUT2D eigenvalue weighted by Crippen LogP contribution is -2.56. The number of amides is 2. The molecule has 9 heteroatoms. The first-order valence-electron chi connectivity index (χ1n) is 8.78. The van der Waals surface area contributed by atoms with Gasteiger partial charge in [0.1, 0.15) is 12.2 Å². The summed E-state index contributed by atoms with van der Waals surface area (Å²) in [6, 6.07) is 8.36. The first-order valence-corrected chi connectivity index (χ1v) is 8.78. The molecule has 1 aromatic carbocycles. The molecular weight excluding hydrogens is 350 g/mol. The SMILES string of the molecule is CC(C)(C)OC(=O)N[C@H]1CN(C(=O)OCc2ccccc2)CC[C@@H]1N=[N+]=[N-]. The lowest BCUT2D eigenvalue weighted by molar-refractivity contribution is 0.0434. The van der Waals surface area contributed by atoms with Crippen LogP contribution in [0, 0.1) is 0 Å². The van der Waals surface area contributed by atoms with Crippen molar-refractivity contribution in [3.05, 3.63) is 46.3 Å². The van der Waals surface area contributed by atoms with Crippen LogP contribution in [0.3, 0.4) is 0 Å². The minimum absolute atomic E-state index is 0.167. The van der Waals surface area contributed by atoms with E-state index in [9.17, 15) is 9.59 Å². The third-order valence-electron chi connectivity index (χ3n) is 3.94. The third kappa shape index (κ3) is 6.71. The molecule has 1 heterocycles. The van der Waals surface area contributed by atoms with Gasteiger partial charge in [-0.05, 0) is 38.3 Å². The number of likely N-dealkylation sites (tertiary alicyclic amines) is 1. The average Bonchev–Trinajstić information content (AvgIpc) is 2.60. The van der Waals surface area contributed by atoms with Gasteiger partial charge >= 0.3 is 12.2 Å². The summed E-state index contributed by atoms with van der Waals surface area (Å²) in [6.07, 6.45) is -0.676. The van der Waals surface area contributed by atoms with Gasteiger partial charge in [0, 0.05) is 18.0 Å². The van der Waals surface area contributed by atoms with Crippen LogP contribution in [0.25, 0.3) is 10.4 Å². The highest BCUT2D eigenvalue weighted by atomic mass is 16.6. The van der Waals surface area contributed by atoms with Gasteiger partial charge in [0.2, 0.25) is 0 Å². The molecule has 1 fully saturated rings. The summed E-state index contributed by atoms with van der Waals surface area (Å²) in [5.41, 5.74) is 8.99. The summed E-state index contributed by atoms with van der Waals surface area (Å²) in [6.45, 7) is 5.99. The van der Waals surface area contributed by atoms with Gasteiger partial charge < -0.3 is 19.7 Å². The first-order chi connectivity index (χ1) is 12.8. The summed E-state index contributed by atoms with van der Waals surface area (Å²) in [7, 11) is 0. The Kier molecular flexibility index (Phi) is 6.90. The Morgan fingerprint density at radius 2 is 2.04 bits per heavy atom. The second-order valence-corrected chi connectivity index (χ2v) is 7.30. The number of carbonyl (C=O) groups excluding carboxylic acids is 2. The van der Waals surface area contributed by atoms with Crippen molar-refractivity contribution in [3.63, 3.8) is 0 Å². The number of benzene rings is 1. The minimum atomic E-state index is -0.652. The molecule has 2 rings (SSSR count). The largest absolute Gasteiger partial charge is 0.445 e. The van der Waals surface area contributed by atoms with Crippen molar-refractivity contribution in [2.24, 2.45) is 5.11 Å². The quantitative estimate of drug-likeness (QED) is 0.491. The van der Waals surface area contributed by atoms with Gasteiger partial charge in [-0.1, -0.05) is 35.4 Å². The number of rotatable bonds is 4. The van der Waals surface area contributed by atoms with E-state index in [0.717, 1.165) is 5.56 Å². The van der Waals surface area contributed by atoms with Crippen molar-refractivity contribution in [3.8, 4) is 0 Å². The maximum atomic E-state index is 12.4. The zero-order valence-electron chi connectivity index (χ0n) is 15.8. The zero-order chi connectivity index (χ0) is 19.9. The molecule has 0 aromatic heterocycles. The summed E-state index contributed by atoms with van der Waals surface area (Å²) in [5, 5.41) is 6.43. The summed E-state index contributed by atoms with van der Waals surface area (Å²) < 4.78 is 10.6. The number of azide groups is 1. The summed E-state index contributed by atoms with van der Waals surface area (Å²) >= 11 is 0. The zero-order valence-corrected chi connectivity index (χ0v) is 15.8. The van der Waals surface area contributed by atoms with Crippen molar-refractivity contribution in [2.75, 3.05) is 13.1 Å². The number of hydrogen-bond donors (Lipinski definition) is 1. The van der Waals surface area contributed by atoms with E-state index in [2.05, 4.69) is 15.3 Å². The van der Waals surface area contributed by atoms with Gasteiger partial charge in [0.05, 0.1) is 12.1 Å². The molecule has 0 spiro atoms. The van der Waals surface area contributed by atoms with Gasteiger partial charge in [-0.25, -0.2) is 9.59 Å². The van der Waals surface area contributed by atoms with Crippen LogP contribution in [0.15, 0.2) is 35.4 Å². The standard InChI is InChI=1S/C18H25N5O4/c1-18(2,3)27-16(24)20-15-11-23(10-9-14(15)21-22-19)17(25)26-12-13-7-5-4-6-8-13/h4-8,14-15H,9-12H2,1-3H3,(H,20,24)/t14-,15-/m0/s1. The van der Waals surface area contributed by atoms with Gasteiger partial charge in [0.25, 0.3) is 0 Å². The molecule has 2 atom stereocenters. The van der Waals surface area contributed by atoms with Gasteiger partial charge in [-0.3, -0.25) is 0 Å². The number of hydrogen-bond acceptors (Lipinski definition) is 5. The molecule has 146 valence electrons. The van der Waals surface area contributed by atoms with Gasteiger partial charge in [0.15, 0.2) is 0 Å². The highest BCUT2D eigenvalue weighted by molar-refractivity contribution is 5.70. The lowest BCUT2D eigenvalue weighted by Gasteiger charge is -2.36. The molecule has 1 aromatic rings. The number of ether oxygens (including phenoxy) is 2. The Labute approximate surface area is 158 Å². The van der Waals surface area contributed by atoms with Crippen LogP contribution in [-0.2, 0) is 16.1 Å². The van der Waals surface area contributed by atoms with Gasteiger partial charge in [-0.2, -0.15) is 0 Å². The summed E-state index contributed by atoms with van der Waals surface area (Å²) in [4.78, 5) is 28.7. The van der Waals surface area contributed by atoms with Crippen molar-refractivity contribution in [2.45, 2.75) is 51.5 Å². The topological polar surface area (TPSA) is 117 Å². The molecule has 27 heavy (non-hydrogen) atoms. The van der Waals surface area contributed by atoms with E-state index in [1.54, 1.807) is 20.8 Å². The molecule has 0 saturated carbocycles. The van der Waals surface area contributed by atoms with Crippen molar-refractivity contribution >= 4 is 12.2 Å². The molecule has 1 aliphatic heterocycles. The number of carbonyl (C=O) groups is 2. The molecule has 1 N–H and O–H groups in total. The van der Waals surface area contributed by atoms with Crippen LogP contribution >= 0.6 is 0 Å². The highest BCUT2D eigenvalue weighted by Crippen LogP contribution is 2.17. The molecule has 9 nitrogen and oxygen atoms in total. The Morgan fingerprint density at radius 3 is 2.67 bits per heavy atom. The van der Waals surface area contributed by atoms with Crippen molar-refractivity contribution in [1.29, 1.82) is 0 Å². The van der Waals surface area contributed by atoms with Crippen LogP contribution in [-0.4, -0.2) is 47.9 Å². The van der Waals surface area contributed by atoms with E-state index >= 15 is 0 Å². The number of alkyl carbamates (subject to hydrolysis) is 1. The molecule has 0 radical (unpaired) electrons. The monoisotopic (exact) mass is 375 g/mol. The van der Waals surface area contributed by atoms with Crippen LogP contribution in [0.2, 0.25) is 0 Å². The Bertz CT molecular complexity index is 697. The smallest absolute Gasteiger partial charge is 0.410 e. The molecule has 0 aliphatic carbocycles. The minimum Gasteiger partial charge on any atom is -0.445 e. The summed E-state index contributed by atoms with van der Waals surface area (Å²) in [5.74, 6) is 0. The van der Waals surface area contributed by atoms with Crippen LogP contribution < -0.4 is 5.32 Å². The molecule has 1 saturated heterocycles. The number of nitrogens with zero attached hydrogens (tertiary/aromatic N) is 4. The molecule has 2 amide bonds. The lowest BCUT2D eigenvalue weighted by atomic mass is 10.0. The van der Waals surface area contributed by atoms with E-state index in [4.69, 9.17) is 15.0 Å². The van der Waals surface area contributed by atoms with Crippen LogP contribution in [0.1, 0.15) is 32.8 Å². The maximum absolute atomic E-state index is 12.4. The molecular formula is C18H25N5O4. The van der Waals surface area contributed by atoms with Crippen molar-refractivity contribution in [1.82, 2.24) is 10.2 Å². The molecule has 1 aliphatic rings. The van der Waals surface area contributed by atoms with E-state index < -0.39 is 29.9 Å². The van der Waals surface area contributed by atoms with E-state index in [0.29, 0.717) is 13.0 Å². The average molecular weight is 375 g/mol. The Morgan fingerprint density at radius 1 is 1.33 bits per heavy atom. The predicted molar refractivity (Wildman–Crippen MR) is 98.9 cm³/mol. The van der Waals surface area contributed by atoms with E-state index in [1.807, 2.05) is 30.3 Å². The van der Waals surface area contributed by atoms with Crippen LogP contribution in [0.5, 0.6) is 0 Å². The Balaban J connectivity index is 1.96. The highest BCUT2D eigenvalue weighted by Gasteiger charge is 2.33. The van der Waals surface area contributed by atoms with Crippen LogP contribution in [0.4, 0.5) is 9.59 Å². The second-order valence-electron chi connectivity index (χ2n) is 7.30. The molecule has 0 unspecified atom stereocenters. The van der Waals surface area contributed by atoms with E-state index in [1.165, 1.54) is 4.90 Å². The van der Waals surface area contributed by atoms with Crippen molar-refractivity contribution < 1.29 is 19.1 Å². The third-order valence-corrected chi connectivity index (χ3v) is 3.94. The number of piperidine rings is 1. The number of nitrogens with one attached hydrogen (secondary N) is 1. The molecule has 0 bridgehead atoms. The predicted octanol–water partition coefficient (Wildman–Crippen LogP) is 3.60. The fourth-order valence-electron chi connectivity index (χ4n) is 2.72. The van der Waals surface area contributed by atoms with Gasteiger partial charge in [-0.15, -0.1) is 0 Å². The fourth-order valence-corrected chi connectivity index (χ4v) is 2.72.